The van der Waals surface area contributed by atoms with Crippen molar-refractivity contribution in [1.29, 1.82) is 0 Å². The van der Waals surface area contributed by atoms with Gasteiger partial charge in [-0.25, -0.2) is 0 Å². The molecule has 1 aromatic heterocycles. The summed E-state index contributed by atoms with van der Waals surface area (Å²) in [5, 5.41) is 1.14. The van der Waals surface area contributed by atoms with Crippen LogP contribution in [0.4, 0.5) is 0 Å². The number of aryl methyl sites for hydroxylation is 1. The monoisotopic (exact) mass is 406 g/mol. The van der Waals surface area contributed by atoms with Gasteiger partial charge in [0.2, 0.25) is 5.91 Å². The van der Waals surface area contributed by atoms with Gasteiger partial charge in [-0.05, 0) is 61.4 Å². The molecule has 1 saturated heterocycles. The van der Waals surface area contributed by atoms with E-state index in [4.69, 9.17) is 9.47 Å². The Morgan fingerprint density at radius 2 is 1.93 bits per heavy atom. The van der Waals surface area contributed by atoms with Crippen LogP contribution in [0.3, 0.4) is 0 Å². The molecule has 5 nitrogen and oxygen atoms in total. The van der Waals surface area contributed by atoms with Crippen molar-refractivity contribution in [1.82, 2.24) is 9.88 Å². The molecule has 1 aliphatic heterocycles. The number of likely N-dealkylation sites (tertiary alicyclic amines) is 1. The van der Waals surface area contributed by atoms with Crippen molar-refractivity contribution in [2.24, 2.45) is 0 Å². The highest BCUT2D eigenvalue weighted by atomic mass is 16.5. The first kappa shape index (κ1) is 20.3. The summed E-state index contributed by atoms with van der Waals surface area (Å²) in [6.45, 7) is 0.859. The Morgan fingerprint density at radius 1 is 1.10 bits per heavy atom. The van der Waals surface area contributed by atoms with Crippen LogP contribution in [0.5, 0.6) is 11.5 Å². The van der Waals surface area contributed by atoms with E-state index in [0.29, 0.717) is 12.5 Å². The van der Waals surface area contributed by atoms with E-state index in [0.717, 1.165) is 60.2 Å². The maximum Gasteiger partial charge on any atom is 0.227 e. The van der Waals surface area contributed by atoms with E-state index < -0.39 is 0 Å². The molecule has 3 aromatic rings. The lowest BCUT2D eigenvalue weighted by molar-refractivity contribution is -0.134. The number of aromatic nitrogens is 1. The van der Waals surface area contributed by atoms with E-state index in [1.807, 2.05) is 30.5 Å². The van der Waals surface area contributed by atoms with Crippen LogP contribution in [0, 0.1) is 0 Å². The Morgan fingerprint density at radius 3 is 2.77 bits per heavy atom. The fraction of sp³-hybridized carbons (Fsp3) is 0.400. The molecule has 0 spiro atoms. The van der Waals surface area contributed by atoms with E-state index in [1.165, 1.54) is 12.0 Å². The van der Waals surface area contributed by atoms with Gasteiger partial charge in [-0.3, -0.25) is 4.79 Å². The molecule has 0 radical (unpaired) electrons. The predicted molar refractivity (Wildman–Crippen MR) is 119 cm³/mol. The molecule has 2 aromatic carbocycles. The van der Waals surface area contributed by atoms with Gasteiger partial charge < -0.3 is 19.4 Å². The van der Waals surface area contributed by atoms with Gasteiger partial charge >= 0.3 is 0 Å². The van der Waals surface area contributed by atoms with E-state index >= 15 is 0 Å². The number of aromatic amines is 1. The molecule has 1 N–H and O–H groups in total. The molecule has 30 heavy (non-hydrogen) atoms. The predicted octanol–water partition coefficient (Wildman–Crippen LogP) is 4.74. The third-order valence-corrected chi connectivity index (χ3v) is 6.18. The maximum absolute atomic E-state index is 13.2. The zero-order valence-electron chi connectivity index (χ0n) is 17.8. The van der Waals surface area contributed by atoms with Gasteiger partial charge in [0.1, 0.15) is 0 Å². The Labute approximate surface area is 178 Å². The number of amides is 1. The number of benzene rings is 2. The SMILES string of the molecule is COc1ccc(CCC2CCCCN2C(=O)Cc2c[nH]c3ccccc23)cc1OC. The minimum Gasteiger partial charge on any atom is -0.493 e. The summed E-state index contributed by atoms with van der Waals surface area (Å²) in [4.78, 5) is 18.6. The standard InChI is InChI=1S/C25H30N2O3/c1-29-23-13-11-18(15-24(23)30-2)10-12-20-7-5-6-14-27(20)25(28)16-19-17-26-22-9-4-3-8-21(19)22/h3-4,8-9,11,13,15,17,20,26H,5-7,10,12,14,16H2,1-2H3. The lowest BCUT2D eigenvalue weighted by atomic mass is 9.95. The minimum atomic E-state index is 0.233. The van der Waals surface area contributed by atoms with Gasteiger partial charge in [-0.2, -0.15) is 0 Å². The lowest BCUT2D eigenvalue weighted by Crippen LogP contribution is -2.44. The molecule has 0 saturated carbocycles. The van der Waals surface area contributed by atoms with Crippen LogP contribution in [0.1, 0.15) is 36.8 Å². The first-order valence-electron chi connectivity index (χ1n) is 10.7. The molecule has 158 valence electrons. The van der Waals surface area contributed by atoms with Crippen LogP contribution in [-0.4, -0.2) is 42.6 Å². The van der Waals surface area contributed by atoms with Crippen LogP contribution in [0.15, 0.2) is 48.7 Å². The number of hydrogen-bond acceptors (Lipinski definition) is 3. The molecule has 1 fully saturated rings. The van der Waals surface area contributed by atoms with Crippen LogP contribution in [0.25, 0.3) is 10.9 Å². The largest absolute Gasteiger partial charge is 0.493 e. The highest BCUT2D eigenvalue weighted by Gasteiger charge is 2.27. The zero-order chi connectivity index (χ0) is 20.9. The summed E-state index contributed by atoms with van der Waals surface area (Å²) in [6, 6.07) is 14.5. The van der Waals surface area contributed by atoms with Gasteiger partial charge in [0.05, 0.1) is 20.6 Å². The molecule has 1 atom stereocenters. The first-order valence-corrected chi connectivity index (χ1v) is 10.7. The first-order chi connectivity index (χ1) is 14.7. The van der Waals surface area contributed by atoms with Crippen LogP contribution < -0.4 is 9.47 Å². The number of methoxy groups -OCH3 is 2. The highest BCUT2D eigenvalue weighted by molar-refractivity contribution is 5.89. The van der Waals surface area contributed by atoms with Gasteiger partial charge in [0, 0.05) is 29.7 Å². The van der Waals surface area contributed by atoms with Crippen molar-refractivity contribution in [2.45, 2.75) is 44.6 Å². The van der Waals surface area contributed by atoms with Crippen molar-refractivity contribution in [3.63, 3.8) is 0 Å². The van der Waals surface area contributed by atoms with E-state index in [1.54, 1.807) is 14.2 Å². The highest BCUT2D eigenvalue weighted by Crippen LogP contribution is 2.29. The summed E-state index contributed by atoms with van der Waals surface area (Å²) in [6.07, 6.45) is 7.67. The van der Waals surface area contributed by atoms with E-state index in [-0.39, 0.29) is 5.91 Å². The number of nitrogens with one attached hydrogen (secondary N) is 1. The summed E-state index contributed by atoms with van der Waals surface area (Å²) in [7, 11) is 3.31. The fourth-order valence-electron chi connectivity index (χ4n) is 4.54. The van der Waals surface area contributed by atoms with E-state index in [2.05, 4.69) is 28.1 Å². The number of rotatable bonds is 7. The lowest BCUT2D eigenvalue weighted by Gasteiger charge is -2.36. The Balaban J connectivity index is 1.43. The number of carbonyl (C=O) groups excluding carboxylic acids is 1. The molecular weight excluding hydrogens is 376 g/mol. The zero-order valence-corrected chi connectivity index (χ0v) is 17.8. The second-order valence-electron chi connectivity index (χ2n) is 8.00. The number of nitrogens with zero attached hydrogens (tertiary/aromatic N) is 1. The molecule has 1 aliphatic rings. The quantitative estimate of drug-likeness (QED) is 0.616. The number of para-hydroxylation sites is 1. The maximum atomic E-state index is 13.2. The summed E-state index contributed by atoms with van der Waals surface area (Å²) < 4.78 is 10.8. The molecule has 2 heterocycles. The summed E-state index contributed by atoms with van der Waals surface area (Å²) >= 11 is 0. The van der Waals surface area contributed by atoms with Crippen LogP contribution in [0.2, 0.25) is 0 Å². The number of hydrogen-bond donors (Lipinski definition) is 1. The third kappa shape index (κ3) is 4.30. The van der Waals surface area contributed by atoms with Crippen molar-refractivity contribution < 1.29 is 14.3 Å². The Bertz CT molecular complexity index is 1010. The topological polar surface area (TPSA) is 54.6 Å². The smallest absolute Gasteiger partial charge is 0.227 e. The molecule has 5 heteroatoms. The second kappa shape index (κ2) is 9.24. The Kier molecular flexibility index (Phi) is 6.26. The summed E-state index contributed by atoms with van der Waals surface area (Å²) in [5.74, 6) is 1.73. The number of H-pyrrole nitrogens is 1. The van der Waals surface area contributed by atoms with Crippen molar-refractivity contribution >= 4 is 16.8 Å². The average molecular weight is 407 g/mol. The van der Waals surface area contributed by atoms with Crippen molar-refractivity contribution in [3.8, 4) is 11.5 Å². The van der Waals surface area contributed by atoms with Crippen molar-refractivity contribution in [2.75, 3.05) is 20.8 Å². The van der Waals surface area contributed by atoms with E-state index in [9.17, 15) is 4.79 Å². The molecule has 1 amide bonds. The van der Waals surface area contributed by atoms with Gasteiger partial charge in [0.15, 0.2) is 11.5 Å². The normalized spacial score (nSPS) is 16.6. The molecule has 0 bridgehead atoms. The van der Waals surface area contributed by atoms with Gasteiger partial charge in [-0.1, -0.05) is 24.3 Å². The second-order valence-corrected chi connectivity index (χ2v) is 8.00. The fourth-order valence-corrected chi connectivity index (χ4v) is 4.54. The van der Waals surface area contributed by atoms with Crippen molar-refractivity contribution in [3.05, 3.63) is 59.8 Å². The number of piperidine rings is 1. The molecule has 4 rings (SSSR count). The molecule has 1 unspecified atom stereocenters. The minimum absolute atomic E-state index is 0.233. The number of ether oxygens (including phenoxy) is 2. The number of fused-ring (bicyclic) bond motifs is 1. The Hall–Kier alpha value is -2.95. The third-order valence-electron chi connectivity index (χ3n) is 6.18. The average Bonchev–Trinajstić information content (AvgIpc) is 3.20. The van der Waals surface area contributed by atoms with Gasteiger partial charge in [-0.15, -0.1) is 0 Å². The summed E-state index contributed by atoms with van der Waals surface area (Å²) in [5.41, 5.74) is 3.38. The molecule has 0 aliphatic carbocycles. The van der Waals surface area contributed by atoms with Gasteiger partial charge in [0.25, 0.3) is 0 Å². The number of carbonyl (C=O) groups is 1. The van der Waals surface area contributed by atoms with Crippen LogP contribution >= 0.6 is 0 Å². The molecular formula is C25H30N2O3. The van der Waals surface area contributed by atoms with Crippen LogP contribution in [-0.2, 0) is 17.6 Å².